The van der Waals surface area contributed by atoms with E-state index in [1.807, 2.05) is 6.92 Å². The van der Waals surface area contributed by atoms with Crippen molar-refractivity contribution < 1.29 is 12.8 Å². The highest BCUT2D eigenvalue weighted by atomic mass is 32.2. The maximum Gasteiger partial charge on any atom is 0.243 e. The van der Waals surface area contributed by atoms with Crippen molar-refractivity contribution in [2.24, 2.45) is 0 Å². The second-order valence-corrected chi connectivity index (χ2v) is 6.38. The number of likely N-dealkylation sites (N-methyl/N-ethyl adjacent to an activating group) is 1. The van der Waals surface area contributed by atoms with Crippen LogP contribution in [0.1, 0.15) is 6.92 Å². The minimum atomic E-state index is -3.66. The summed E-state index contributed by atoms with van der Waals surface area (Å²) in [6, 6.07) is 6.02. The van der Waals surface area contributed by atoms with Crippen molar-refractivity contribution in [3.8, 4) is 5.69 Å². The fraction of sp³-hybridized carbons (Fsp3) is 0.308. The highest BCUT2D eigenvalue weighted by molar-refractivity contribution is 7.89. The number of aromatic nitrogens is 2. The van der Waals surface area contributed by atoms with Crippen LogP contribution in [0.2, 0.25) is 0 Å². The van der Waals surface area contributed by atoms with E-state index in [4.69, 9.17) is 0 Å². The van der Waals surface area contributed by atoms with Crippen LogP contribution in [-0.4, -0.2) is 37.8 Å². The molecule has 0 aliphatic carbocycles. The molecule has 0 aliphatic heterocycles. The second-order valence-electron chi connectivity index (χ2n) is 4.61. The molecular weight excluding hydrogens is 295 g/mol. The summed E-state index contributed by atoms with van der Waals surface area (Å²) in [5.74, 6) is -0.471. The molecular formula is C13H17FN4O2S. The van der Waals surface area contributed by atoms with E-state index in [9.17, 15) is 12.8 Å². The summed E-state index contributed by atoms with van der Waals surface area (Å²) in [6.45, 7) is 2.11. The maximum atomic E-state index is 13.6. The summed E-state index contributed by atoms with van der Waals surface area (Å²) in [4.78, 5) is -0.00550. The largest absolute Gasteiger partial charge is 0.316 e. The summed E-state index contributed by atoms with van der Waals surface area (Å²) >= 11 is 0. The Bertz CT molecular complexity index is 714. The van der Waals surface area contributed by atoms with Gasteiger partial charge in [0.1, 0.15) is 16.4 Å². The molecule has 0 saturated heterocycles. The van der Waals surface area contributed by atoms with Crippen LogP contribution in [-0.2, 0) is 10.0 Å². The molecule has 0 bridgehead atoms. The molecule has 21 heavy (non-hydrogen) atoms. The maximum absolute atomic E-state index is 13.6. The molecule has 8 heteroatoms. The lowest BCUT2D eigenvalue weighted by molar-refractivity contribution is 0.554. The van der Waals surface area contributed by atoms with Crippen LogP contribution in [0.15, 0.2) is 41.6 Å². The standard InChI is InChI=1S/C13H17FN4O2S/c1-10(15-2)7-17-21(19,20)11-8-16-18(9-11)13-6-4-3-5-12(13)14/h3-6,8-10,15,17H,7H2,1-2H3. The van der Waals surface area contributed by atoms with Gasteiger partial charge in [0, 0.05) is 12.6 Å². The molecule has 1 unspecified atom stereocenters. The number of hydrogen-bond acceptors (Lipinski definition) is 4. The fourth-order valence-corrected chi connectivity index (χ4v) is 2.70. The van der Waals surface area contributed by atoms with Crippen LogP contribution in [0.5, 0.6) is 0 Å². The zero-order valence-corrected chi connectivity index (χ0v) is 12.6. The lowest BCUT2D eigenvalue weighted by Gasteiger charge is -2.10. The van der Waals surface area contributed by atoms with E-state index in [1.165, 1.54) is 29.2 Å². The lowest BCUT2D eigenvalue weighted by Crippen LogP contribution is -2.37. The molecule has 2 N–H and O–H groups in total. The van der Waals surface area contributed by atoms with Crippen LogP contribution in [0, 0.1) is 5.82 Å². The van der Waals surface area contributed by atoms with Gasteiger partial charge in [-0.05, 0) is 26.1 Å². The van der Waals surface area contributed by atoms with Crippen LogP contribution in [0.4, 0.5) is 4.39 Å². The minimum Gasteiger partial charge on any atom is -0.316 e. The van der Waals surface area contributed by atoms with Gasteiger partial charge in [0.15, 0.2) is 0 Å². The molecule has 114 valence electrons. The highest BCUT2D eigenvalue weighted by Gasteiger charge is 2.18. The van der Waals surface area contributed by atoms with Crippen molar-refractivity contribution in [1.82, 2.24) is 19.8 Å². The van der Waals surface area contributed by atoms with E-state index in [0.717, 1.165) is 0 Å². The van der Waals surface area contributed by atoms with E-state index in [0.29, 0.717) is 0 Å². The molecule has 2 aromatic rings. The van der Waals surface area contributed by atoms with E-state index in [-0.39, 0.29) is 23.2 Å². The van der Waals surface area contributed by atoms with Gasteiger partial charge in [-0.25, -0.2) is 22.2 Å². The second kappa shape index (κ2) is 6.33. The van der Waals surface area contributed by atoms with E-state index in [2.05, 4.69) is 15.1 Å². The first kappa shape index (κ1) is 15.6. The van der Waals surface area contributed by atoms with Crippen molar-refractivity contribution in [3.05, 3.63) is 42.5 Å². The Hall–Kier alpha value is -1.77. The number of halogens is 1. The topological polar surface area (TPSA) is 76.0 Å². The molecule has 1 heterocycles. The predicted octanol–water partition coefficient (Wildman–Crippen LogP) is 0.898. The number of sulfonamides is 1. The summed E-state index contributed by atoms with van der Waals surface area (Å²) in [7, 11) is -1.92. The van der Waals surface area contributed by atoms with Crippen LogP contribution >= 0.6 is 0 Å². The number of rotatable bonds is 6. The number of hydrogen-bond donors (Lipinski definition) is 2. The molecule has 1 aromatic carbocycles. The highest BCUT2D eigenvalue weighted by Crippen LogP contribution is 2.14. The average molecular weight is 312 g/mol. The quantitative estimate of drug-likeness (QED) is 0.831. The number of nitrogens with one attached hydrogen (secondary N) is 2. The Balaban J connectivity index is 2.22. The van der Waals surface area contributed by atoms with Gasteiger partial charge in [-0.15, -0.1) is 0 Å². The van der Waals surface area contributed by atoms with Crippen molar-refractivity contribution in [1.29, 1.82) is 0 Å². The van der Waals surface area contributed by atoms with E-state index >= 15 is 0 Å². The summed E-state index contributed by atoms with van der Waals surface area (Å²) in [6.07, 6.45) is 2.48. The van der Waals surface area contributed by atoms with Crippen molar-refractivity contribution in [2.75, 3.05) is 13.6 Å². The third-order valence-electron chi connectivity index (χ3n) is 3.04. The Labute approximate surface area is 123 Å². The zero-order valence-electron chi connectivity index (χ0n) is 11.7. The third-order valence-corrected chi connectivity index (χ3v) is 4.42. The van der Waals surface area contributed by atoms with Gasteiger partial charge >= 0.3 is 0 Å². The number of nitrogens with zero attached hydrogens (tertiary/aromatic N) is 2. The van der Waals surface area contributed by atoms with Gasteiger partial charge in [-0.1, -0.05) is 12.1 Å². The Kier molecular flexibility index (Phi) is 4.71. The Morgan fingerprint density at radius 3 is 2.76 bits per heavy atom. The van der Waals surface area contributed by atoms with E-state index < -0.39 is 15.8 Å². The normalized spacial score (nSPS) is 13.3. The van der Waals surface area contributed by atoms with Gasteiger partial charge in [-0.3, -0.25) is 0 Å². The average Bonchev–Trinajstić information content (AvgIpc) is 2.96. The summed E-state index contributed by atoms with van der Waals surface area (Å²) in [5.41, 5.74) is 0.197. The Morgan fingerprint density at radius 2 is 2.10 bits per heavy atom. The summed E-state index contributed by atoms with van der Waals surface area (Å²) in [5, 5.41) is 6.83. The van der Waals surface area contributed by atoms with Gasteiger partial charge < -0.3 is 5.32 Å². The van der Waals surface area contributed by atoms with Crippen molar-refractivity contribution >= 4 is 10.0 Å². The SMILES string of the molecule is CNC(C)CNS(=O)(=O)c1cnn(-c2ccccc2F)c1. The molecule has 0 fully saturated rings. The molecule has 0 spiro atoms. The number of para-hydroxylation sites is 1. The lowest BCUT2D eigenvalue weighted by atomic mass is 10.3. The third kappa shape index (κ3) is 3.66. The molecule has 6 nitrogen and oxygen atoms in total. The van der Waals surface area contributed by atoms with Crippen molar-refractivity contribution in [3.63, 3.8) is 0 Å². The van der Waals surface area contributed by atoms with Gasteiger partial charge in [0.25, 0.3) is 0 Å². The molecule has 0 radical (unpaired) electrons. The first-order chi connectivity index (χ1) is 9.94. The minimum absolute atomic E-state index is 0.00128. The number of benzene rings is 1. The first-order valence-electron chi connectivity index (χ1n) is 6.40. The first-order valence-corrected chi connectivity index (χ1v) is 7.89. The molecule has 0 aliphatic rings. The molecule has 2 rings (SSSR count). The van der Waals surface area contributed by atoms with Crippen LogP contribution < -0.4 is 10.0 Å². The fourth-order valence-electron chi connectivity index (χ4n) is 1.63. The molecule has 0 saturated carbocycles. The van der Waals surface area contributed by atoms with E-state index in [1.54, 1.807) is 19.2 Å². The molecule has 1 aromatic heterocycles. The van der Waals surface area contributed by atoms with Gasteiger partial charge in [0.2, 0.25) is 10.0 Å². The predicted molar refractivity (Wildman–Crippen MR) is 77.2 cm³/mol. The Morgan fingerprint density at radius 1 is 1.38 bits per heavy atom. The smallest absolute Gasteiger partial charge is 0.243 e. The molecule has 0 amide bonds. The monoisotopic (exact) mass is 312 g/mol. The molecule has 1 atom stereocenters. The zero-order chi connectivity index (χ0) is 15.5. The van der Waals surface area contributed by atoms with Gasteiger partial charge in [0.05, 0.1) is 12.4 Å². The van der Waals surface area contributed by atoms with Crippen LogP contribution in [0.25, 0.3) is 5.69 Å². The van der Waals surface area contributed by atoms with Crippen molar-refractivity contribution in [2.45, 2.75) is 17.9 Å². The van der Waals surface area contributed by atoms with Crippen LogP contribution in [0.3, 0.4) is 0 Å². The summed E-state index contributed by atoms with van der Waals surface area (Å²) < 4.78 is 41.5. The van der Waals surface area contributed by atoms with Gasteiger partial charge in [-0.2, -0.15) is 5.10 Å².